The number of aryl methyl sites for hydroxylation is 1. The maximum Gasteiger partial charge on any atom is 0.256 e. The van der Waals surface area contributed by atoms with Crippen molar-refractivity contribution in [3.8, 4) is 0 Å². The third-order valence-electron chi connectivity index (χ3n) is 3.90. The molecular weight excluding hydrogens is 290 g/mol. The van der Waals surface area contributed by atoms with Crippen molar-refractivity contribution in [2.45, 2.75) is 32.7 Å². The van der Waals surface area contributed by atoms with E-state index >= 15 is 0 Å². The van der Waals surface area contributed by atoms with Crippen LogP contribution < -0.4 is 5.32 Å². The first-order valence-corrected chi connectivity index (χ1v) is 7.87. The second-order valence-corrected chi connectivity index (χ2v) is 6.26. The van der Waals surface area contributed by atoms with Crippen LogP contribution in [-0.2, 0) is 0 Å². The molecule has 0 unspecified atom stereocenters. The summed E-state index contributed by atoms with van der Waals surface area (Å²) in [5.74, 6) is 0.632. The summed E-state index contributed by atoms with van der Waals surface area (Å²) in [7, 11) is 4.02. The molecule has 0 saturated heterocycles. The fraction of sp³-hybridized carbons (Fsp3) is 0.444. The standard InChI is InChI=1S/C18H25N3O2/c1-12(2)17-16(13(3)20-23-17)18(22)19-11-15(21(4)5)14-9-7-6-8-10-14/h6-10,12,15H,11H2,1-5H3,(H,19,22)/t15-/m1/s1. The summed E-state index contributed by atoms with van der Waals surface area (Å²) in [6.07, 6.45) is 0. The number of benzene rings is 1. The van der Waals surface area contributed by atoms with Crippen molar-refractivity contribution in [3.05, 3.63) is 52.9 Å². The number of nitrogens with zero attached hydrogens (tertiary/aromatic N) is 2. The minimum atomic E-state index is -0.129. The molecule has 0 fully saturated rings. The summed E-state index contributed by atoms with van der Waals surface area (Å²) in [5, 5.41) is 6.95. The maximum absolute atomic E-state index is 12.6. The number of aromatic nitrogens is 1. The number of carbonyl (C=O) groups is 1. The van der Waals surface area contributed by atoms with E-state index < -0.39 is 0 Å². The first-order valence-electron chi connectivity index (χ1n) is 7.87. The summed E-state index contributed by atoms with van der Waals surface area (Å²) in [4.78, 5) is 14.7. The van der Waals surface area contributed by atoms with Crippen molar-refractivity contribution in [1.29, 1.82) is 0 Å². The van der Waals surface area contributed by atoms with Gasteiger partial charge in [-0.2, -0.15) is 0 Å². The average molecular weight is 315 g/mol. The first-order chi connectivity index (χ1) is 10.9. The van der Waals surface area contributed by atoms with Gasteiger partial charge in [0.2, 0.25) is 0 Å². The van der Waals surface area contributed by atoms with E-state index in [9.17, 15) is 4.79 Å². The molecule has 1 N–H and O–H groups in total. The molecule has 2 rings (SSSR count). The van der Waals surface area contributed by atoms with E-state index in [-0.39, 0.29) is 17.9 Å². The minimum absolute atomic E-state index is 0.114. The van der Waals surface area contributed by atoms with Crippen LogP contribution in [0.3, 0.4) is 0 Å². The smallest absolute Gasteiger partial charge is 0.256 e. The van der Waals surface area contributed by atoms with Crippen LogP contribution >= 0.6 is 0 Å². The molecule has 1 heterocycles. The number of hydrogen-bond donors (Lipinski definition) is 1. The lowest BCUT2D eigenvalue weighted by molar-refractivity contribution is 0.0939. The van der Waals surface area contributed by atoms with Crippen LogP contribution in [0.4, 0.5) is 0 Å². The molecule has 0 radical (unpaired) electrons. The summed E-state index contributed by atoms with van der Waals surface area (Å²) < 4.78 is 5.30. The Kier molecular flexibility index (Phi) is 5.55. The third kappa shape index (κ3) is 3.99. The average Bonchev–Trinajstić information content (AvgIpc) is 2.90. The van der Waals surface area contributed by atoms with Crippen LogP contribution in [0.15, 0.2) is 34.9 Å². The Labute approximate surface area is 137 Å². The van der Waals surface area contributed by atoms with Crippen LogP contribution in [0.5, 0.6) is 0 Å². The predicted molar refractivity (Wildman–Crippen MR) is 90.5 cm³/mol. The molecule has 1 aromatic heterocycles. The van der Waals surface area contributed by atoms with Crippen LogP contribution in [-0.4, -0.2) is 36.6 Å². The van der Waals surface area contributed by atoms with Crippen molar-refractivity contribution >= 4 is 5.91 Å². The van der Waals surface area contributed by atoms with Crippen molar-refractivity contribution < 1.29 is 9.32 Å². The van der Waals surface area contributed by atoms with Gasteiger partial charge in [0, 0.05) is 12.5 Å². The number of nitrogens with one attached hydrogen (secondary N) is 1. The number of carbonyl (C=O) groups excluding carboxylic acids is 1. The molecule has 1 amide bonds. The maximum atomic E-state index is 12.6. The second kappa shape index (κ2) is 7.42. The van der Waals surface area contributed by atoms with Gasteiger partial charge in [-0.25, -0.2) is 0 Å². The fourth-order valence-electron chi connectivity index (χ4n) is 2.61. The number of hydrogen-bond acceptors (Lipinski definition) is 4. The Bertz CT molecular complexity index is 648. The van der Waals surface area contributed by atoms with E-state index in [1.807, 2.05) is 46.1 Å². The number of amides is 1. The molecule has 0 saturated carbocycles. The molecule has 0 aliphatic heterocycles. The zero-order valence-corrected chi connectivity index (χ0v) is 14.5. The highest BCUT2D eigenvalue weighted by molar-refractivity contribution is 5.96. The van der Waals surface area contributed by atoms with Gasteiger partial charge in [0.25, 0.3) is 5.91 Å². The Hall–Kier alpha value is -2.14. The van der Waals surface area contributed by atoms with Crippen molar-refractivity contribution in [3.63, 3.8) is 0 Å². The molecule has 0 spiro atoms. The molecule has 1 atom stereocenters. The molecule has 2 aromatic rings. The van der Waals surface area contributed by atoms with Gasteiger partial charge in [-0.15, -0.1) is 0 Å². The lowest BCUT2D eigenvalue weighted by atomic mass is 10.0. The SMILES string of the molecule is Cc1noc(C(C)C)c1C(=O)NC[C@H](c1ccccc1)N(C)C. The van der Waals surface area contributed by atoms with Gasteiger partial charge in [-0.05, 0) is 26.6 Å². The largest absolute Gasteiger partial charge is 0.360 e. The number of likely N-dealkylation sites (N-methyl/N-ethyl adjacent to an activating group) is 1. The normalized spacial score (nSPS) is 12.7. The van der Waals surface area contributed by atoms with Crippen molar-refractivity contribution in [1.82, 2.24) is 15.4 Å². The van der Waals surface area contributed by atoms with Crippen LogP contribution in [0, 0.1) is 6.92 Å². The summed E-state index contributed by atoms with van der Waals surface area (Å²) in [5.41, 5.74) is 2.36. The Morgan fingerprint density at radius 1 is 1.26 bits per heavy atom. The van der Waals surface area contributed by atoms with Gasteiger partial charge < -0.3 is 14.7 Å². The quantitative estimate of drug-likeness (QED) is 0.889. The molecule has 0 aliphatic rings. The molecule has 5 heteroatoms. The van der Waals surface area contributed by atoms with Crippen LogP contribution in [0.2, 0.25) is 0 Å². The Morgan fingerprint density at radius 2 is 1.91 bits per heavy atom. The van der Waals surface area contributed by atoms with Gasteiger partial charge in [-0.3, -0.25) is 4.79 Å². The summed E-state index contributed by atoms with van der Waals surface area (Å²) in [6, 6.07) is 10.3. The highest BCUT2D eigenvalue weighted by Crippen LogP contribution is 2.22. The molecular formula is C18H25N3O2. The monoisotopic (exact) mass is 315 g/mol. The van der Waals surface area contributed by atoms with Crippen molar-refractivity contribution in [2.75, 3.05) is 20.6 Å². The highest BCUT2D eigenvalue weighted by Gasteiger charge is 2.23. The lowest BCUT2D eigenvalue weighted by Crippen LogP contribution is -2.35. The third-order valence-corrected chi connectivity index (χ3v) is 3.90. The zero-order chi connectivity index (χ0) is 17.0. The van der Waals surface area contributed by atoms with Crippen LogP contribution in [0.1, 0.15) is 53.2 Å². The van der Waals surface area contributed by atoms with E-state index in [4.69, 9.17) is 4.52 Å². The minimum Gasteiger partial charge on any atom is -0.360 e. The van der Waals surface area contributed by atoms with Gasteiger partial charge in [0.15, 0.2) is 5.76 Å². The van der Waals surface area contributed by atoms with E-state index in [1.54, 1.807) is 6.92 Å². The van der Waals surface area contributed by atoms with Crippen molar-refractivity contribution in [2.24, 2.45) is 0 Å². The molecule has 0 aliphatic carbocycles. The molecule has 0 bridgehead atoms. The zero-order valence-electron chi connectivity index (χ0n) is 14.5. The van der Waals surface area contributed by atoms with Gasteiger partial charge >= 0.3 is 0 Å². The molecule has 5 nitrogen and oxygen atoms in total. The van der Waals surface area contributed by atoms with Gasteiger partial charge in [-0.1, -0.05) is 49.3 Å². The topological polar surface area (TPSA) is 58.4 Å². The van der Waals surface area contributed by atoms with E-state index in [0.29, 0.717) is 23.6 Å². The Morgan fingerprint density at radius 3 is 2.48 bits per heavy atom. The lowest BCUT2D eigenvalue weighted by Gasteiger charge is -2.25. The summed E-state index contributed by atoms with van der Waals surface area (Å²) >= 11 is 0. The summed E-state index contributed by atoms with van der Waals surface area (Å²) in [6.45, 7) is 6.30. The van der Waals surface area contributed by atoms with Gasteiger partial charge in [0.05, 0.1) is 11.7 Å². The highest BCUT2D eigenvalue weighted by atomic mass is 16.5. The molecule has 1 aromatic carbocycles. The second-order valence-electron chi connectivity index (χ2n) is 6.26. The fourth-order valence-corrected chi connectivity index (χ4v) is 2.61. The van der Waals surface area contributed by atoms with Crippen LogP contribution in [0.25, 0.3) is 0 Å². The molecule has 124 valence electrons. The Balaban J connectivity index is 2.13. The number of rotatable bonds is 6. The predicted octanol–water partition coefficient (Wildman–Crippen LogP) is 3.14. The first kappa shape index (κ1) is 17.2. The van der Waals surface area contributed by atoms with E-state index in [2.05, 4.69) is 27.5 Å². The van der Waals surface area contributed by atoms with Gasteiger partial charge in [0.1, 0.15) is 5.56 Å². The van der Waals surface area contributed by atoms with E-state index in [1.165, 1.54) is 5.56 Å². The van der Waals surface area contributed by atoms with E-state index in [0.717, 1.165) is 0 Å². The molecule has 23 heavy (non-hydrogen) atoms.